The molecule has 27 heavy (non-hydrogen) atoms. The fraction of sp³-hybridized carbons (Fsp3) is 0.190. The summed E-state index contributed by atoms with van der Waals surface area (Å²) < 4.78 is 20.2. The Labute approximate surface area is 162 Å². The molecule has 1 aliphatic rings. The number of ether oxygens (including phenoxy) is 1. The Balaban J connectivity index is 0.00000210. The summed E-state index contributed by atoms with van der Waals surface area (Å²) in [5, 5.41) is 10.6. The molecule has 0 spiro atoms. The van der Waals surface area contributed by atoms with Crippen LogP contribution in [0.15, 0.2) is 54.6 Å². The van der Waals surface area contributed by atoms with Crippen LogP contribution >= 0.6 is 12.4 Å². The summed E-state index contributed by atoms with van der Waals surface area (Å²) in [6.07, 6.45) is 1.27. The zero-order valence-electron chi connectivity index (χ0n) is 14.4. The fourth-order valence-electron chi connectivity index (χ4n) is 3.52. The number of aryl methyl sites for hydroxylation is 1. The molecular weight excluding hydrogens is 369 g/mol. The molecule has 3 aromatic carbocycles. The van der Waals surface area contributed by atoms with Gasteiger partial charge in [-0.25, -0.2) is 4.39 Å². The molecule has 0 bridgehead atoms. The monoisotopic (exact) mass is 387 g/mol. The largest absolute Gasteiger partial charge is 0.480 e. The van der Waals surface area contributed by atoms with Crippen molar-refractivity contribution in [1.29, 1.82) is 0 Å². The van der Waals surface area contributed by atoms with E-state index in [-0.39, 0.29) is 24.6 Å². The van der Waals surface area contributed by atoms with Gasteiger partial charge in [-0.05, 0) is 53.6 Å². The van der Waals surface area contributed by atoms with E-state index in [1.807, 2.05) is 30.3 Å². The molecule has 4 rings (SSSR count). The van der Waals surface area contributed by atoms with Crippen molar-refractivity contribution in [3.8, 4) is 11.5 Å². The zero-order valence-corrected chi connectivity index (χ0v) is 15.3. The minimum Gasteiger partial charge on any atom is -0.480 e. The van der Waals surface area contributed by atoms with Gasteiger partial charge in [-0.2, -0.15) is 0 Å². The molecule has 0 aliphatic heterocycles. The molecule has 0 aromatic heterocycles. The molecule has 4 nitrogen and oxygen atoms in total. The molecule has 6 heteroatoms. The fourth-order valence-corrected chi connectivity index (χ4v) is 3.52. The average molecular weight is 388 g/mol. The van der Waals surface area contributed by atoms with Crippen LogP contribution in [0.3, 0.4) is 0 Å². The summed E-state index contributed by atoms with van der Waals surface area (Å²) in [5.41, 5.74) is 6.70. The number of fused-ring (bicyclic) bond motifs is 2. The average Bonchev–Trinajstić information content (AvgIpc) is 2.61. The minimum atomic E-state index is -1.25. The van der Waals surface area contributed by atoms with Crippen LogP contribution in [-0.4, -0.2) is 16.6 Å². The minimum absolute atomic E-state index is 0. The van der Waals surface area contributed by atoms with Crippen LogP contribution in [-0.2, 0) is 17.6 Å². The number of nitrogens with two attached hydrogens (primary N) is 1. The molecule has 0 saturated carbocycles. The van der Waals surface area contributed by atoms with Crippen molar-refractivity contribution in [2.45, 2.75) is 24.8 Å². The van der Waals surface area contributed by atoms with Gasteiger partial charge < -0.3 is 15.6 Å². The third-order valence-electron chi connectivity index (χ3n) is 4.99. The second kappa shape index (κ2) is 7.18. The summed E-state index contributed by atoms with van der Waals surface area (Å²) in [5.74, 6) is -0.378. The molecular formula is C21H19ClFNO3. The van der Waals surface area contributed by atoms with Crippen molar-refractivity contribution in [3.63, 3.8) is 0 Å². The predicted molar refractivity (Wildman–Crippen MR) is 104 cm³/mol. The van der Waals surface area contributed by atoms with Gasteiger partial charge in [-0.3, -0.25) is 4.79 Å². The molecule has 140 valence electrons. The number of halogens is 2. The summed E-state index contributed by atoms with van der Waals surface area (Å²) in [6.45, 7) is 0. The van der Waals surface area contributed by atoms with Crippen molar-refractivity contribution in [2.24, 2.45) is 5.73 Å². The van der Waals surface area contributed by atoms with Crippen LogP contribution < -0.4 is 10.5 Å². The van der Waals surface area contributed by atoms with E-state index in [1.165, 1.54) is 6.07 Å². The first-order valence-electron chi connectivity index (χ1n) is 8.45. The van der Waals surface area contributed by atoms with Gasteiger partial charge in [0.1, 0.15) is 22.9 Å². The molecule has 3 aromatic rings. The topological polar surface area (TPSA) is 72.6 Å². The summed E-state index contributed by atoms with van der Waals surface area (Å²) in [4.78, 5) is 11.4. The normalized spacial score (nSPS) is 18.4. The Morgan fingerprint density at radius 3 is 2.59 bits per heavy atom. The van der Waals surface area contributed by atoms with Gasteiger partial charge in [0.2, 0.25) is 0 Å². The predicted octanol–water partition coefficient (Wildman–Crippen LogP) is 4.46. The molecule has 0 radical (unpaired) electrons. The Kier molecular flexibility index (Phi) is 5.09. The molecule has 3 N–H and O–H groups in total. The summed E-state index contributed by atoms with van der Waals surface area (Å²) in [7, 11) is 0. The second-order valence-electron chi connectivity index (χ2n) is 6.76. The van der Waals surface area contributed by atoms with Crippen molar-refractivity contribution in [2.75, 3.05) is 0 Å². The van der Waals surface area contributed by atoms with Gasteiger partial charge in [0, 0.05) is 6.42 Å². The lowest BCUT2D eigenvalue weighted by atomic mass is 9.78. The van der Waals surface area contributed by atoms with Crippen LogP contribution in [0.4, 0.5) is 4.39 Å². The molecule has 0 heterocycles. The van der Waals surface area contributed by atoms with Gasteiger partial charge in [-0.15, -0.1) is 12.4 Å². The lowest BCUT2D eigenvalue weighted by molar-refractivity contribution is -0.143. The first-order valence-corrected chi connectivity index (χ1v) is 8.45. The number of rotatable bonds is 3. The molecule has 1 unspecified atom stereocenters. The number of carboxylic acids is 1. The van der Waals surface area contributed by atoms with Crippen molar-refractivity contribution < 1.29 is 19.0 Å². The highest BCUT2D eigenvalue weighted by molar-refractivity contribution is 5.89. The second-order valence-corrected chi connectivity index (χ2v) is 6.76. The first kappa shape index (κ1) is 19.1. The van der Waals surface area contributed by atoms with E-state index in [9.17, 15) is 14.3 Å². The number of aliphatic carboxylic acids is 1. The maximum atomic E-state index is 14.3. The Morgan fingerprint density at radius 2 is 1.85 bits per heavy atom. The molecule has 0 saturated heterocycles. The number of hydrogen-bond acceptors (Lipinski definition) is 3. The first-order chi connectivity index (χ1) is 12.5. The summed E-state index contributed by atoms with van der Waals surface area (Å²) in [6, 6.07) is 15.8. The Morgan fingerprint density at radius 1 is 1.11 bits per heavy atom. The van der Waals surface area contributed by atoms with Gasteiger partial charge in [-0.1, -0.05) is 30.3 Å². The van der Waals surface area contributed by atoms with Crippen molar-refractivity contribution >= 4 is 29.1 Å². The lowest BCUT2D eigenvalue weighted by Crippen LogP contribution is -2.52. The number of carboxylic acid groups (broad SMARTS) is 1. The van der Waals surface area contributed by atoms with E-state index < -0.39 is 11.5 Å². The van der Waals surface area contributed by atoms with E-state index in [4.69, 9.17) is 10.5 Å². The SMILES string of the molecule is Cl.NC1(C(=O)O)CCc2ccc(Oc3cccc4cccc(F)c34)cc2C1. The summed E-state index contributed by atoms with van der Waals surface area (Å²) >= 11 is 0. The van der Waals surface area contributed by atoms with E-state index in [0.29, 0.717) is 29.7 Å². The van der Waals surface area contributed by atoms with Crippen molar-refractivity contribution in [3.05, 3.63) is 71.5 Å². The quantitative estimate of drug-likeness (QED) is 0.695. The standard InChI is InChI=1S/C21H18FNO3.ClH/c22-17-5-1-3-14-4-2-6-18(19(14)17)26-16-8-7-13-9-10-21(23,20(24)25)12-15(13)11-16;/h1-8,11H,9-10,12,23H2,(H,24,25);1H. The smallest absolute Gasteiger partial charge is 0.324 e. The number of carbonyl (C=O) groups is 1. The van der Waals surface area contributed by atoms with Crippen molar-refractivity contribution in [1.82, 2.24) is 0 Å². The lowest BCUT2D eigenvalue weighted by Gasteiger charge is -2.31. The highest BCUT2D eigenvalue weighted by atomic mass is 35.5. The van der Waals surface area contributed by atoms with Crippen LogP contribution in [0.25, 0.3) is 10.8 Å². The highest BCUT2D eigenvalue weighted by Gasteiger charge is 2.37. The number of hydrogen-bond donors (Lipinski definition) is 2. The van der Waals surface area contributed by atoms with E-state index in [1.54, 1.807) is 18.2 Å². The Hall–Kier alpha value is -2.63. The van der Waals surface area contributed by atoms with E-state index in [0.717, 1.165) is 16.5 Å². The van der Waals surface area contributed by atoms with Crippen LogP contribution in [0, 0.1) is 5.82 Å². The van der Waals surface area contributed by atoms with Crippen LogP contribution in [0.1, 0.15) is 17.5 Å². The van der Waals surface area contributed by atoms with Gasteiger partial charge >= 0.3 is 5.97 Å². The number of benzene rings is 3. The maximum Gasteiger partial charge on any atom is 0.324 e. The molecule has 0 fully saturated rings. The Bertz CT molecular complexity index is 1020. The molecule has 1 aliphatic carbocycles. The van der Waals surface area contributed by atoms with E-state index in [2.05, 4.69) is 0 Å². The third kappa shape index (κ3) is 3.48. The van der Waals surface area contributed by atoms with Gasteiger partial charge in [0.05, 0.1) is 5.39 Å². The highest BCUT2D eigenvalue weighted by Crippen LogP contribution is 2.35. The zero-order chi connectivity index (χ0) is 18.3. The van der Waals surface area contributed by atoms with Gasteiger partial charge in [0.15, 0.2) is 0 Å². The third-order valence-corrected chi connectivity index (χ3v) is 4.99. The maximum absolute atomic E-state index is 14.3. The van der Waals surface area contributed by atoms with Crippen LogP contribution in [0.5, 0.6) is 11.5 Å². The van der Waals surface area contributed by atoms with Crippen LogP contribution in [0.2, 0.25) is 0 Å². The van der Waals surface area contributed by atoms with Gasteiger partial charge in [0.25, 0.3) is 0 Å². The molecule has 1 atom stereocenters. The van der Waals surface area contributed by atoms with E-state index >= 15 is 0 Å². The molecule has 0 amide bonds.